The molecule has 0 spiro atoms. The molecule has 0 atom stereocenters. The predicted octanol–water partition coefficient (Wildman–Crippen LogP) is 1.14. The SMILES string of the molecule is O=C(O)On1cnc2ccccc21. The smallest absolute Gasteiger partial charge is 0.448 e. The molecule has 0 radical (unpaired) electrons. The number of carboxylic acid groups (broad SMARTS) is 1. The summed E-state index contributed by atoms with van der Waals surface area (Å²) in [6.07, 6.45) is -0.0400. The molecule has 13 heavy (non-hydrogen) atoms. The van der Waals surface area contributed by atoms with Gasteiger partial charge in [0.05, 0.1) is 5.52 Å². The fourth-order valence-corrected chi connectivity index (χ4v) is 1.09. The lowest BCUT2D eigenvalue weighted by molar-refractivity contribution is 0.0856. The number of hydrogen-bond acceptors (Lipinski definition) is 3. The largest absolute Gasteiger partial charge is 0.531 e. The highest BCUT2D eigenvalue weighted by molar-refractivity contribution is 5.75. The van der Waals surface area contributed by atoms with Crippen LogP contribution in [0.25, 0.3) is 11.0 Å². The Bertz CT molecular complexity index is 449. The number of nitrogens with zero attached hydrogens (tertiary/aromatic N) is 2. The van der Waals surface area contributed by atoms with E-state index < -0.39 is 6.16 Å². The average Bonchev–Trinajstić information content (AvgIpc) is 2.48. The summed E-state index contributed by atoms with van der Waals surface area (Å²) in [5.74, 6) is 0. The van der Waals surface area contributed by atoms with Crippen molar-refractivity contribution in [1.29, 1.82) is 0 Å². The van der Waals surface area contributed by atoms with Gasteiger partial charge in [0, 0.05) is 0 Å². The van der Waals surface area contributed by atoms with Crippen LogP contribution in [0.15, 0.2) is 30.6 Å². The maximum absolute atomic E-state index is 10.2. The van der Waals surface area contributed by atoms with Crippen molar-refractivity contribution in [1.82, 2.24) is 9.71 Å². The molecule has 0 aliphatic carbocycles. The van der Waals surface area contributed by atoms with Crippen LogP contribution in [0.1, 0.15) is 0 Å². The zero-order valence-corrected chi connectivity index (χ0v) is 6.54. The lowest BCUT2D eigenvalue weighted by atomic mass is 10.3. The molecule has 0 aliphatic rings. The van der Waals surface area contributed by atoms with Gasteiger partial charge < -0.3 is 5.11 Å². The summed E-state index contributed by atoms with van der Waals surface area (Å²) in [4.78, 5) is 18.6. The quantitative estimate of drug-likeness (QED) is 0.711. The number of rotatable bonds is 1. The Kier molecular flexibility index (Phi) is 1.63. The topological polar surface area (TPSA) is 64.3 Å². The molecular weight excluding hydrogens is 172 g/mol. The molecule has 0 saturated heterocycles. The van der Waals surface area contributed by atoms with Crippen LogP contribution in [-0.2, 0) is 0 Å². The third kappa shape index (κ3) is 1.31. The van der Waals surface area contributed by atoms with E-state index in [1.54, 1.807) is 18.2 Å². The van der Waals surface area contributed by atoms with Crippen LogP contribution in [0.2, 0.25) is 0 Å². The van der Waals surface area contributed by atoms with E-state index in [0.717, 1.165) is 4.73 Å². The number of imidazole rings is 1. The van der Waals surface area contributed by atoms with Gasteiger partial charge in [0.1, 0.15) is 11.8 Å². The van der Waals surface area contributed by atoms with E-state index in [0.29, 0.717) is 11.0 Å². The van der Waals surface area contributed by atoms with Gasteiger partial charge in [-0.05, 0) is 12.1 Å². The Morgan fingerprint density at radius 3 is 3.00 bits per heavy atom. The number of benzene rings is 1. The summed E-state index contributed by atoms with van der Waals surface area (Å²) in [6.45, 7) is 0. The van der Waals surface area contributed by atoms with Gasteiger partial charge in [-0.25, -0.2) is 9.78 Å². The van der Waals surface area contributed by atoms with E-state index in [1.165, 1.54) is 6.33 Å². The van der Waals surface area contributed by atoms with Crippen molar-refractivity contribution in [2.24, 2.45) is 0 Å². The van der Waals surface area contributed by atoms with Crippen molar-refractivity contribution in [3.63, 3.8) is 0 Å². The van der Waals surface area contributed by atoms with E-state index in [2.05, 4.69) is 9.82 Å². The molecule has 0 unspecified atom stereocenters. The van der Waals surface area contributed by atoms with Crippen LogP contribution in [0.3, 0.4) is 0 Å². The van der Waals surface area contributed by atoms with E-state index >= 15 is 0 Å². The average molecular weight is 178 g/mol. The number of fused-ring (bicyclic) bond motifs is 1. The molecule has 0 aliphatic heterocycles. The van der Waals surface area contributed by atoms with E-state index in [4.69, 9.17) is 5.11 Å². The van der Waals surface area contributed by atoms with Crippen molar-refractivity contribution in [2.75, 3.05) is 0 Å². The van der Waals surface area contributed by atoms with Crippen molar-refractivity contribution in [3.05, 3.63) is 30.6 Å². The Hall–Kier alpha value is -2.04. The molecule has 0 fully saturated rings. The minimum atomic E-state index is -1.36. The molecule has 5 heteroatoms. The molecule has 0 bridgehead atoms. The van der Waals surface area contributed by atoms with Crippen molar-refractivity contribution in [2.45, 2.75) is 0 Å². The third-order valence-electron chi connectivity index (χ3n) is 1.60. The summed E-state index contributed by atoms with van der Waals surface area (Å²) in [5.41, 5.74) is 1.33. The Balaban J connectivity index is 2.51. The van der Waals surface area contributed by atoms with Gasteiger partial charge in [-0.15, -0.1) is 0 Å². The first-order valence-electron chi connectivity index (χ1n) is 3.61. The fraction of sp³-hybridized carbons (Fsp3) is 0. The molecule has 1 N–H and O–H groups in total. The summed E-state index contributed by atoms with van der Waals surface area (Å²) in [7, 11) is 0. The second-order valence-electron chi connectivity index (χ2n) is 2.42. The molecule has 2 rings (SSSR count). The minimum absolute atomic E-state index is 0.630. The minimum Gasteiger partial charge on any atom is -0.448 e. The molecule has 5 nitrogen and oxygen atoms in total. The highest BCUT2D eigenvalue weighted by Gasteiger charge is 2.04. The van der Waals surface area contributed by atoms with Crippen molar-refractivity contribution < 1.29 is 14.7 Å². The van der Waals surface area contributed by atoms with Crippen molar-refractivity contribution >= 4 is 17.2 Å². The molecule has 2 aromatic rings. The highest BCUT2D eigenvalue weighted by atomic mass is 16.8. The Labute approximate surface area is 73.1 Å². The molecule has 1 heterocycles. The number of hydrogen-bond donors (Lipinski definition) is 1. The van der Waals surface area contributed by atoms with Gasteiger partial charge >= 0.3 is 6.16 Å². The van der Waals surface area contributed by atoms with Crippen molar-refractivity contribution in [3.8, 4) is 0 Å². The van der Waals surface area contributed by atoms with Gasteiger partial charge in [0.25, 0.3) is 0 Å². The van der Waals surface area contributed by atoms with Gasteiger partial charge in [0.15, 0.2) is 0 Å². The lowest BCUT2D eigenvalue weighted by Crippen LogP contribution is -2.15. The third-order valence-corrected chi connectivity index (χ3v) is 1.60. The lowest BCUT2D eigenvalue weighted by Gasteiger charge is -1.98. The maximum atomic E-state index is 10.2. The molecule has 1 aromatic heterocycles. The first-order chi connectivity index (χ1) is 6.27. The first kappa shape index (κ1) is 7.60. The maximum Gasteiger partial charge on any atom is 0.531 e. The molecule has 66 valence electrons. The van der Waals surface area contributed by atoms with Crippen LogP contribution in [0.5, 0.6) is 0 Å². The number of carbonyl (C=O) groups is 1. The molecule has 1 aromatic carbocycles. The monoisotopic (exact) mass is 178 g/mol. The standard InChI is InChI=1S/C8H6N2O3/c11-8(12)13-10-5-9-6-3-1-2-4-7(6)10/h1-5H,(H,11,12). The molecule has 0 amide bonds. The normalized spacial score (nSPS) is 10.2. The highest BCUT2D eigenvalue weighted by Crippen LogP contribution is 2.09. The van der Waals surface area contributed by atoms with Crippen LogP contribution in [0.4, 0.5) is 4.79 Å². The molecule has 0 saturated carbocycles. The van der Waals surface area contributed by atoms with E-state index in [9.17, 15) is 4.79 Å². The van der Waals surface area contributed by atoms with Crippen LogP contribution in [-0.4, -0.2) is 21.0 Å². The zero-order chi connectivity index (χ0) is 9.26. The number of aromatic nitrogens is 2. The summed E-state index contributed by atoms with van der Waals surface area (Å²) in [6, 6.07) is 7.11. The predicted molar refractivity (Wildman–Crippen MR) is 44.3 cm³/mol. The van der Waals surface area contributed by atoms with Crippen LogP contribution < -0.4 is 4.84 Å². The van der Waals surface area contributed by atoms with Gasteiger partial charge in [0.2, 0.25) is 0 Å². The summed E-state index contributed by atoms with van der Waals surface area (Å²) < 4.78 is 1.11. The second kappa shape index (κ2) is 2.78. The Morgan fingerprint density at radius 2 is 2.23 bits per heavy atom. The fourth-order valence-electron chi connectivity index (χ4n) is 1.09. The van der Waals surface area contributed by atoms with Gasteiger partial charge in [-0.2, -0.15) is 4.73 Å². The molecular formula is C8H6N2O3. The summed E-state index contributed by atoms with van der Waals surface area (Å²) >= 11 is 0. The number of para-hydroxylation sites is 2. The zero-order valence-electron chi connectivity index (χ0n) is 6.54. The van der Waals surface area contributed by atoms with E-state index in [-0.39, 0.29) is 0 Å². The summed E-state index contributed by atoms with van der Waals surface area (Å²) in [5, 5.41) is 8.37. The van der Waals surface area contributed by atoms with Gasteiger partial charge in [-0.3, -0.25) is 4.84 Å². The van der Waals surface area contributed by atoms with Crippen LogP contribution in [0, 0.1) is 0 Å². The first-order valence-corrected chi connectivity index (χ1v) is 3.61. The van der Waals surface area contributed by atoms with Crippen LogP contribution >= 0.6 is 0 Å². The van der Waals surface area contributed by atoms with E-state index in [1.807, 2.05) is 6.07 Å². The Morgan fingerprint density at radius 1 is 1.46 bits per heavy atom. The second-order valence-corrected chi connectivity index (χ2v) is 2.42. The van der Waals surface area contributed by atoms with Gasteiger partial charge in [-0.1, -0.05) is 12.1 Å².